The van der Waals surface area contributed by atoms with Crippen molar-refractivity contribution in [1.82, 2.24) is 20.5 Å². The number of sulfonamides is 1. The lowest BCUT2D eigenvalue weighted by Crippen LogP contribution is -2.46. The van der Waals surface area contributed by atoms with Crippen molar-refractivity contribution in [3.8, 4) is 0 Å². The number of benzene rings is 2. The van der Waals surface area contributed by atoms with Crippen LogP contribution in [0.3, 0.4) is 0 Å². The number of halogens is 1. The van der Waals surface area contributed by atoms with Gasteiger partial charge in [-0.25, -0.2) is 8.42 Å². The molecule has 0 heterocycles. The summed E-state index contributed by atoms with van der Waals surface area (Å²) in [6, 6.07) is 11.7. The summed E-state index contributed by atoms with van der Waals surface area (Å²) < 4.78 is 26.2. The van der Waals surface area contributed by atoms with Gasteiger partial charge in [-0.3, -0.25) is 25.2 Å². The van der Waals surface area contributed by atoms with E-state index in [2.05, 4.69) is 16.2 Å². The fourth-order valence-electron chi connectivity index (χ4n) is 2.63. The highest BCUT2D eigenvalue weighted by Crippen LogP contribution is 2.16. The normalized spacial score (nSPS) is 11.1. The van der Waals surface area contributed by atoms with Crippen molar-refractivity contribution < 1.29 is 22.8 Å². The lowest BCUT2D eigenvalue weighted by atomic mass is 10.2. The maximum absolute atomic E-state index is 12.5. The number of carbonyl (C=O) groups excluding carboxylic acids is 3. The lowest BCUT2D eigenvalue weighted by Gasteiger charge is -2.18. The highest BCUT2D eigenvalue weighted by atomic mass is 35.5. The number of hydrogen-bond acceptors (Lipinski definition) is 5. The first kappa shape index (κ1) is 24.3. The van der Waals surface area contributed by atoms with Crippen LogP contribution in [-0.2, 0) is 14.8 Å². The fraction of sp³-hybridized carbons (Fsp3) is 0.250. The first-order valence-electron chi connectivity index (χ1n) is 9.42. The monoisotopic (exact) mass is 466 g/mol. The molecular weight excluding hydrogens is 444 g/mol. The molecule has 0 spiro atoms. The Hall–Kier alpha value is -2.95. The summed E-state index contributed by atoms with van der Waals surface area (Å²) in [4.78, 5) is 36.1. The van der Waals surface area contributed by atoms with E-state index in [9.17, 15) is 22.8 Å². The summed E-state index contributed by atoms with van der Waals surface area (Å²) in [7, 11) is -3.63. The number of amides is 3. The van der Waals surface area contributed by atoms with Gasteiger partial charge in [0, 0.05) is 18.7 Å². The number of carbonyl (C=O) groups is 3. The van der Waals surface area contributed by atoms with Gasteiger partial charge in [-0.15, -0.1) is 0 Å². The van der Waals surface area contributed by atoms with E-state index >= 15 is 0 Å². The van der Waals surface area contributed by atoms with Crippen molar-refractivity contribution in [3.05, 3.63) is 64.7 Å². The van der Waals surface area contributed by atoms with Gasteiger partial charge in [0.2, 0.25) is 10.0 Å². The van der Waals surface area contributed by atoms with Gasteiger partial charge in [-0.2, -0.15) is 4.31 Å². The lowest BCUT2D eigenvalue weighted by molar-refractivity contribution is -0.120. The molecule has 0 aromatic heterocycles. The molecule has 0 radical (unpaired) electrons. The summed E-state index contributed by atoms with van der Waals surface area (Å²) in [5.74, 6) is -1.83. The highest BCUT2D eigenvalue weighted by molar-refractivity contribution is 7.89. The molecule has 0 unspecified atom stereocenters. The molecular formula is C20H23ClN4O5S. The Bertz CT molecular complexity index is 1050. The molecule has 3 N–H and O–H groups in total. The summed E-state index contributed by atoms with van der Waals surface area (Å²) in [6.45, 7) is 3.76. The van der Waals surface area contributed by atoms with Gasteiger partial charge in [-0.05, 0) is 36.4 Å². The number of hydrogen-bond donors (Lipinski definition) is 3. The van der Waals surface area contributed by atoms with E-state index in [-0.39, 0.29) is 27.6 Å². The predicted molar refractivity (Wildman–Crippen MR) is 116 cm³/mol. The maximum atomic E-state index is 12.5. The molecule has 2 aromatic rings. The zero-order valence-corrected chi connectivity index (χ0v) is 18.6. The van der Waals surface area contributed by atoms with Crippen molar-refractivity contribution in [1.29, 1.82) is 0 Å². The Balaban J connectivity index is 1.89. The Morgan fingerprint density at radius 2 is 1.52 bits per heavy atom. The third kappa shape index (κ3) is 6.27. The van der Waals surface area contributed by atoms with E-state index in [0.717, 1.165) is 0 Å². The van der Waals surface area contributed by atoms with E-state index in [1.54, 1.807) is 32.0 Å². The molecule has 0 fully saturated rings. The standard InChI is InChI=1S/C20H23ClN4O5S/c1-3-25(4-2)31(29,30)15-11-9-14(10-12-15)19(27)24-23-18(26)13-22-20(28)16-7-5-6-8-17(16)21/h5-12H,3-4,13H2,1-2H3,(H,22,28)(H,23,26)(H,24,27). The zero-order chi connectivity index (χ0) is 23.0. The van der Waals surface area contributed by atoms with E-state index < -0.39 is 27.7 Å². The third-order valence-corrected chi connectivity index (χ3v) is 6.70. The summed E-state index contributed by atoms with van der Waals surface area (Å²) in [5, 5.41) is 2.64. The van der Waals surface area contributed by atoms with Gasteiger partial charge >= 0.3 is 0 Å². The summed E-state index contributed by atoms with van der Waals surface area (Å²) in [6.07, 6.45) is 0. The van der Waals surface area contributed by atoms with Gasteiger partial charge in [0.15, 0.2) is 0 Å². The zero-order valence-electron chi connectivity index (χ0n) is 17.0. The van der Waals surface area contributed by atoms with Crippen LogP contribution in [0.15, 0.2) is 53.4 Å². The average Bonchev–Trinajstić information content (AvgIpc) is 2.76. The number of rotatable bonds is 8. The molecule has 2 rings (SSSR count). The minimum atomic E-state index is -3.63. The SMILES string of the molecule is CCN(CC)S(=O)(=O)c1ccc(C(=O)NNC(=O)CNC(=O)c2ccccc2Cl)cc1. The van der Waals surface area contributed by atoms with Crippen LogP contribution in [-0.4, -0.2) is 50.1 Å². The van der Waals surface area contributed by atoms with E-state index in [1.807, 2.05) is 0 Å². The quantitative estimate of drug-likeness (QED) is 0.509. The molecule has 11 heteroatoms. The molecule has 0 atom stereocenters. The number of nitrogens with zero attached hydrogens (tertiary/aromatic N) is 1. The first-order valence-corrected chi connectivity index (χ1v) is 11.2. The first-order chi connectivity index (χ1) is 14.7. The topological polar surface area (TPSA) is 125 Å². The molecule has 0 saturated heterocycles. The van der Waals surface area contributed by atoms with Crippen molar-refractivity contribution in [2.24, 2.45) is 0 Å². The molecule has 0 aliphatic rings. The Kier molecular flexibility index (Phi) is 8.55. The summed E-state index contributed by atoms with van der Waals surface area (Å²) >= 11 is 5.92. The van der Waals surface area contributed by atoms with Gasteiger partial charge < -0.3 is 5.32 Å². The van der Waals surface area contributed by atoms with Crippen LogP contribution in [0.2, 0.25) is 5.02 Å². The molecule has 0 saturated carbocycles. The van der Waals surface area contributed by atoms with Crippen molar-refractivity contribution in [2.75, 3.05) is 19.6 Å². The van der Waals surface area contributed by atoms with Gasteiger partial charge in [0.05, 0.1) is 22.0 Å². The molecule has 3 amide bonds. The van der Waals surface area contributed by atoms with Gasteiger partial charge in [0.25, 0.3) is 17.7 Å². The van der Waals surface area contributed by atoms with Crippen LogP contribution >= 0.6 is 11.6 Å². The molecule has 0 bridgehead atoms. The minimum absolute atomic E-state index is 0.0686. The van der Waals surface area contributed by atoms with E-state index in [0.29, 0.717) is 13.1 Å². The fourth-order valence-corrected chi connectivity index (χ4v) is 4.31. The molecule has 2 aromatic carbocycles. The van der Waals surface area contributed by atoms with Crippen molar-refractivity contribution in [3.63, 3.8) is 0 Å². The molecule has 31 heavy (non-hydrogen) atoms. The van der Waals surface area contributed by atoms with Crippen LogP contribution in [0.5, 0.6) is 0 Å². The van der Waals surface area contributed by atoms with Crippen LogP contribution in [0, 0.1) is 0 Å². The van der Waals surface area contributed by atoms with Gasteiger partial charge in [-0.1, -0.05) is 37.6 Å². The van der Waals surface area contributed by atoms with Crippen LogP contribution < -0.4 is 16.2 Å². The highest BCUT2D eigenvalue weighted by Gasteiger charge is 2.21. The van der Waals surface area contributed by atoms with Crippen LogP contribution in [0.1, 0.15) is 34.6 Å². The van der Waals surface area contributed by atoms with Gasteiger partial charge in [0.1, 0.15) is 0 Å². The second-order valence-electron chi connectivity index (χ2n) is 6.28. The minimum Gasteiger partial charge on any atom is -0.343 e. The van der Waals surface area contributed by atoms with E-state index in [4.69, 9.17) is 11.6 Å². The third-order valence-electron chi connectivity index (χ3n) is 4.30. The van der Waals surface area contributed by atoms with Crippen molar-refractivity contribution >= 4 is 39.3 Å². The molecule has 9 nitrogen and oxygen atoms in total. The van der Waals surface area contributed by atoms with Crippen LogP contribution in [0.25, 0.3) is 0 Å². The Morgan fingerprint density at radius 1 is 0.903 bits per heavy atom. The maximum Gasteiger partial charge on any atom is 0.269 e. The molecule has 166 valence electrons. The van der Waals surface area contributed by atoms with Crippen molar-refractivity contribution in [2.45, 2.75) is 18.7 Å². The Labute approximate surface area is 185 Å². The largest absolute Gasteiger partial charge is 0.343 e. The second kappa shape index (κ2) is 10.9. The molecule has 0 aliphatic heterocycles. The summed E-state index contributed by atoms with van der Waals surface area (Å²) in [5.41, 5.74) is 4.75. The average molecular weight is 467 g/mol. The number of hydrazine groups is 1. The smallest absolute Gasteiger partial charge is 0.269 e. The predicted octanol–water partition coefficient (Wildman–Crippen LogP) is 1.56. The van der Waals surface area contributed by atoms with E-state index in [1.165, 1.54) is 34.6 Å². The molecule has 0 aliphatic carbocycles. The Morgan fingerprint density at radius 3 is 2.10 bits per heavy atom. The van der Waals surface area contributed by atoms with Crippen LogP contribution in [0.4, 0.5) is 0 Å². The second-order valence-corrected chi connectivity index (χ2v) is 8.62. The number of nitrogens with one attached hydrogen (secondary N) is 3.